The third-order valence-corrected chi connectivity index (χ3v) is 4.00. The van der Waals surface area contributed by atoms with E-state index >= 15 is 0 Å². The van der Waals surface area contributed by atoms with Gasteiger partial charge in [0, 0.05) is 11.1 Å². The molecule has 1 nitrogen and oxygen atoms in total. The third-order valence-electron chi connectivity index (χ3n) is 3.36. The van der Waals surface area contributed by atoms with E-state index in [4.69, 9.17) is 23.2 Å². The Labute approximate surface area is 132 Å². The van der Waals surface area contributed by atoms with Gasteiger partial charge >= 0.3 is 0 Å². The molecule has 0 saturated heterocycles. The van der Waals surface area contributed by atoms with E-state index in [1.165, 1.54) is 18.2 Å². The highest BCUT2D eigenvalue weighted by molar-refractivity contribution is 6.31. The van der Waals surface area contributed by atoms with Gasteiger partial charge in [-0.05, 0) is 55.3 Å². The minimum Gasteiger partial charge on any atom is -0.316 e. The molecule has 0 radical (unpaired) electrons. The SMILES string of the molecule is CNC(Cc1ccc(F)c(Cl)c1)Cc1ccc(F)cc1Cl. The van der Waals surface area contributed by atoms with Gasteiger partial charge in [0.1, 0.15) is 11.6 Å². The molecule has 0 heterocycles. The number of halogens is 4. The van der Waals surface area contributed by atoms with Crippen molar-refractivity contribution in [1.29, 1.82) is 0 Å². The van der Waals surface area contributed by atoms with Crippen LogP contribution in [0.3, 0.4) is 0 Å². The van der Waals surface area contributed by atoms with Gasteiger partial charge in [0.2, 0.25) is 0 Å². The van der Waals surface area contributed by atoms with Gasteiger partial charge in [-0.3, -0.25) is 0 Å². The van der Waals surface area contributed by atoms with E-state index in [1.807, 2.05) is 7.05 Å². The van der Waals surface area contributed by atoms with Crippen LogP contribution >= 0.6 is 23.2 Å². The monoisotopic (exact) mass is 329 g/mol. The van der Waals surface area contributed by atoms with Gasteiger partial charge in [0.15, 0.2) is 0 Å². The molecular weight excluding hydrogens is 315 g/mol. The van der Waals surface area contributed by atoms with Crippen LogP contribution in [0.2, 0.25) is 10.0 Å². The molecule has 21 heavy (non-hydrogen) atoms. The zero-order valence-corrected chi connectivity index (χ0v) is 13.0. The molecule has 2 aromatic rings. The van der Waals surface area contributed by atoms with Crippen LogP contribution in [0.25, 0.3) is 0 Å². The molecule has 2 aromatic carbocycles. The summed E-state index contributed by atoms with van der Waals surface area (Å²) in [6.45, 7) is 0. The molecule has 0 aromatic heterocycles. The standard InChI is InChI=1S/C16H15Cl2F2N/c1-21-13(6-10-2-5-16(20)15(18)7-10)8-11-3-4-12(19)9-14(11)17/h2-5,7,9,13,21H,6,8H2,1H3. The number of hydrogen-bond donors (Lipinski definition) is 1. The van der Waals surface area contributed by atoms with E-state index in [2.05, 4.69) is 5.32 Å². The molecule has 0 aliphatic heterocycles. The Morgan fingerprint density at radius 3 is 2.38 bits per heavy atom. The zero-order chi connectivity index (χ0) is 15.4. The molecule has 0 spiro atoms. The molecule has 1 atom stereocenters. The fourth-order valence-electron chi connectivity index (χ4n) is 2.18. The average molecular weight is 330 g/mol. The summed E-state index contributed by atoms with van der Waals surface area (Å²) in [7, 11) is 1.84. The first kappa shape index (κ1) is 16.2. The first-order valence-electron chi connectivity index (χ1n) is 6.54. The van der Waals surface area contributed by atoms with Crippen molar-refractivity contribution in [3.8, 4) is 0 Å². The Balaban J connectivity index is 2.10. The highest BCUT2D eigenvalue weighted by atomic mass is 35.5. The summed E-state index contributed by atoms with van der Waals surface area (Å²) in [5.74, 6) is -0.780. The maximum atomic E-state index is 13.2. The minimum atomic E-state index is -0.428. The molecule has 0 amide bonds. The number of nitrogens with one attached hydrogen (secondary N) is 1. The van der Waals surface area contributed by atoms with Crippen LogP contribution in [0.4, 0.5) is 8.78 Å². The molecule has 0 saturated carbocycles. The lowest BCUT2D eigenvalue weighted by Gasteiger charge is -2.17. The van der Waals surface area contributed by atoms with Crippen LogP contribution in [0.15, 0.2) is 36.4 Å². The van der Waals surface area contributed by atoms with Gasteiger partial charge in [-0.25, -0.2) is 8.78 Å². The molecule has 0 aliphatic carbocycles. The minimum absolute atomic E-state index is 0.0921. The van der Waals surface area contributed by atoms with Gasteiger partial charge in [0.05, 0.1) is 5.02 Å². The zero-order valence-electron chi connectivity index (χ0n) is 11.5. The maximum Gasteiger partial charge on any atom is 0.141 e. The molecule has 2 rings (SSSR count). The second-order valence-electron chi connectivity index (χ2n) is 4.88. The van der Waals surface area contributed by atoms with Crippen molar-refractivity contribution >= 4 is 23.2 Å². The summed E-state index contributed by atoms with van der Waals surface area (Å²) in [4.78, 5) is 0. The van der Waals surface area contributed by atoms with Crippen LogP contribution in [0.1, 0.15) is 11.1 Å². The van der Waals surface area contributed by atoms with E-state index < -0.39 is 5.82 Å². The highest BCUT2D eigenvalue weighted by Crippen LogP contribution is 2.21. The summed E-state index contributed by atoms with van der Waals surface area (Å²) < 4.78 is 26.2. The lowest BCUT2D eigenvalue weighted by Crippen LogP contribution is -2.30. The van der Waals surface area contributed by atoms with Gasteiger partial charge in [0.25, 0.3) is 0 Å². The summed E-state index contributed by atoms with van der Waals surface area (Å²) >= 11 is 11.8. The van der Waals surface area contributed by atoms with Crippen molar-refractivity contribution in [3.63, 3.8) is 0 Å². The van der Waals surface area contributed by atoms with Crippen LogP contribution < -0.4 is 5.32 Å². The Bertz CT molecular complexity index is 632. The van der Waals surface area contributed by atoms with Gasteiger partial charge in [-0.15, -0.1) is 0 Å². The van der Waals surface area contributed by atoms with Crippen LogP contribution in [-0.4, -0.2) is 13.1 Å². The Morgan fingerprint density at radius 2 is 1.76 bits per heavy atom. The summed E-state index contributed by atoms with van der Waals surface area (Å²) in [6, 6.07) is 9.15. The molecule has 112 valence electrons. The fourth-order valence-corrected chi connectivity index (χ4v) is 2.63. The largest absolute Gasteiger partial charge is 0.316 e. The summed E-state index contributed by atoms with van der Waals surface area (Å²) in [5.41, 5.74) is 1.80. The predicted molar refractivity (Wildman–Crippen MR) is 83.1 cm³/mol. The van der Waals surface area contributed by atoms with E-state index in [0.717, 1.165) is 11.1 Å². The number of benzene rings is 2. The first-order chi connectivity index (χ1) is 9.99. The smallest absolute Gasteiger partial charge is 0.141 e. The average Bonchev–Trinajstić information content (AvgIpc) is 2.44. The highest BCUT2D eigenvalue weighted by Gasteiger charge is 2.12. The molecule has 5 heteroatoms. The van der Waals surface area contributed by atoms with Crippen molar-refractivity contribution < 1.29 is 8.78 Å². The summed E-state index contributed by atoms with van der Waals surface area (Å²) in [5, 5.41) is 3.71. The molecule has 0 aliphatic rings. The van der Waals surface area contributed by atoms with Gasteiger partial charge < -0.3 is 5.32 Å². The Kier molecular flexibility index (Phi) is 5.57. The quantitative estimate of drug-likeness (QED) is 0.842. The van der Waals surface area contributed by atoms with E-state index in [1.54, 1.807) is 18.2 Å². The van der Waals surface area contributed by atoms with Crippen molar-refractivity contribution in [1.82, 2.24) is 5.32 Å². The Morgan fingerprint density at radius 1 is 1.00 bits per heavy atom. The molecular formula is C16H15Cl2F2N. The van der Waals surface area contributed by atoms with Crippen LogP contribution in [-0.2, 0) is 12.8 Å². The van der Waals surface area contributed by atoms with E-state index in [9.17, 15) is 8.78 Å². The lowest BCUT2D eigenvalue weighted by molar-refractivity contribution is 0.554. The molecule has 0 bridgehead atoms. The lowest BCUT2D eigenvalue weighted by atomic mass is 9.99. The second kappa shape index (κ2) is 7.21. The predicted octanol–water partition coefficient (Wildman–Crippen LogP) is 4.64. The third kappa shape index (κ3) is 4.40. The molecule has 1 N–H and O–H groups in total. The van der Waals surface area contributed by atoms with Crippen molar-refractivity contribution in [2.45, 2.75) is 18.9 Å². The summed E-state index contributed by atoms with van der Waals surface area (Å²) in [6.07, 6.45) is 1.31. The molecule has 0 fully saturated rings. The first-order valence-corrected chi connectivity index (χ1v) is 7.30. The fraction of sp³-hybridized carbons (Fsp3) is 0.250. The van der Waals surface area contributed by atoms with Crippen LogP contribution in [0.5, 0.6) is 0 Å². The maximum absolute atomic E-state index is 13.2. The number of likely N-dealkylation sites (N-methyl/N-ethyl adjacent to an activating group) is 1. The topological polar surface area (TPSA) is 12.0 Å². The van der Waals surface area contributed by atoms with Gasteiger partial charge in [-0.1, -0.05) is 35.3 Å². The number of rotatable bonds is 5. The van der Waals surface area contributed by atoms with E-state index in [-0.39, 0.29) is 16.9 Å². The Hall–Kier alpha value is -1.16. The van der Waals surface area contributed by atoms with Crippen molar-refractivity contribution in [2.75, 3.05) is 7.05 Å². The number of hydrogen-bond acceptors (Lipinski definition) is 1. The van der Waals surface area contributed by atoms with Crippen molar-refractivity contribution in [3.05, 3.63) is 69.2 Å². The van der Waals surface area contributed by atoms with Crippen LogP contribution in [0, 0.1) is 11.6 Å². The van der Waals surface area contributed by atoms with E-state index in [0.29, 0.717) is 17.9 Å². The second-order valence-corrected chi connectivity index (χ2v) is 5.69. The normalized spacial score (nSPS) is 12.4. The van der Waals surface area contributed by atoms with Crippen molar-refractivity contribution in [2.24, 2.45) is 0 Å². The van der Waals surface area contributed by atoms with Gasteiger partial charge in [-0.2, -0.15) is 0 Å². The molecule has 1 unspecified atom stereocenters.